The largest absolute Gasteiger partial charge is 0.334 e. The Morgan fingerprint density at radius 3 is 2.50 bits per heavy atom. The normalized spacial score (nSPS) is 15.1. The number of hydrogen-bond acceptors (Lipinski definition) is 3. The lowest BCUT2D eigenvalue weighted by Gasteiger charge is -2.08. The van der Waals surface area contributed by atoms with Crippen LogP contribution in [0.4, 0.5) is 0 Å². The fourth-order valence-electron chi connectivity index (χ4n) is 0.561. The summed E-state index contributed by atoms with van der Waals surface area (Å²) in [4.78, 5) is 0. The minimum Gasteiger partial charge on any atom is -0.315 e. The van der Waals surface area contributed by atoms with E-state index in [0.717, 1.165) is 6.42 Å². The molecule has 0 aromatic rings. The summed E-state index contributed by atoms with van der Waals surface area (Å²) in [6.07, 6.45) is 0.601. The van der Waals surface area contributed by atoms with Gasteiger partial charge in [0.2, 0.25) is 0 Å². The summed E-state index contributed by atoms with van der Waals surface area (Å²) in [5.74, 6) is 0. The standard InChI is InChI=1S/C4H12N2O3S/c1-2-3-4(5)6-10(7,8)9/h4,6H,2-3,5H2,1H3,(H,7,8,9). The highest BCUT2D eigenvalue weighted by Gasteiger charge is 2.08. The van der Waals surface area contributed by atoms with Crippen molar-refractivity contribution in [2.45, 2.75) is 25.9 Å². The lowest BCUT2D eigenvalue weighted by atomic mass is 10.3. The Labute approximate surface area is 60.5 Å². The van der Waals surface area contributed by atoms with Crippen LogP contribution in [-0.4, -0.2) is 19.1 Å². The molecule has 0 saturated carbocycles. The van der Waals surface area contributed by atoms with Crippen molar-refractivity contribution in [3.05, 3.63) is 0 Å². The Balaban J connectivity index is 3.69. The van der Waals surface area contributed by atoms with E-state index in [1.807, 2.05) is 11.6 Å². The smallest absolute Gasteiger partial charge is 0.315 e. The van der Waals surface area contributed by atoms with Crippen molar-refractivity contribution in [1.29, 1.82) is 0 Å². The Morgan fingerprint density at radius 2 is 2.20 bits per heavy atom. The van der Waals surface area contributed by atoms with Crippen LogP contribution in [-0.2, 0) is 10.3 Å². The van der Waals surface area contributed by atoms with Gasteiger partial charge < -0.3 is 5.73 Å². The molecular weight excluding hydrogens is 156 g/mol. The fraction of sp³-hybridized carbons (Fsp3) is 1.00. The van der Waals surface area contributed by atoms with E-state index in [1.165, 1.54) is 0 Å². The summed E-state index contributed by atoms with van der Waals surface area (Å²) in [6, 6.07) is 0. The lowest BCUT2D eigenvalue weighted by Crippen LogP contribution is -2.40. The maximum Gasteiger partial charge on any atom is 0.334 e. The van der Waals surface area contributed by atoms with Crippen molar-refractivity contribution in [3.8, 4) is 0 Å². The average molecular weight is 168 g/mol. The van der Waals surface area contributed by atoms with Crippen LogP contribution in [0, 0.1) is 0 Å². The van der Waals surface area contributed by atoms with Gasteiger partial charge in [0.15, 0.2) is 0 Å². The quantitative estimate of drug-likeness (QED) is 0.388. The van der Waals surface area contributed by atoms with Gasteiger partial charge in [0.1, 0.15) is 0 Å². The molecule has 0 aliphatic carbocycles. The zero-order chi connectivity index (χ0) is 8.20. The van der Waals surface area contributed by atoms with E-state index < -0.39 is 16.5 Å². The van der Waals surface area contributed by atoms with Crippen molar-refractivity contribution in [2.24, 2.45) is 5.73 Å². The predicted octanol–water partition coefficient (Wildman–Crippen LogP) is -0.536. The SMILES string of the molecule is CCCC(N)NS(=O)(=O)O. The molecule has 4 N–H and O–H groups in total. The molecule has 1 atom stereocenters. The van der Waals surface area contributed by atoms with E-state index in [0.29, 0.717) is 6.42 Å². The third-order valence-electron chi connectivity index (χ3n) is 0.900. The molecular formula is C4H12N2O3S. The molecule has 62 valence electrons. The highest BCUT2D eigenvalue weighted by molar-refractivity contribution is 7.83. The first kappa shape index (κ1) is 9.83. The molecule has 0 fully saturated rings. The van der Waals surface area contributed by atoms with E-state index >= 15 is 0 Å². The van der Waals surface area contributed by atoms with Gasteiger partial charge in [-0.25, -0.2) is 0 Å². The second-order valence-corrected chi connectivity index (χ2v) is 3.17. The molecule has 6 heteroatoms. The molecule has 5 nitrogen and oxygen atoms in total. The Bertz CT molecular complexity index is 177. The van der Waals surface area contributed by atoms with Crippen molar-refractivity contribution in [3.63, 3.8) is 0 Å². The Kier molecular flexibility index (Phi) is 3.80. The first-order valence-electron chi connectivity index (χ1n) is 2.96. The van der Waals surface area contributed by atoms with Crippen molar-refractivity contribution in [2.75, 3.05) is 0 Å². The number of nitrogens with one attached hydrogen (secondary N) is 1. The topological polar surface area (TPSA) is 92.4 Å². The number of nitrogens with two attached hydrogens (primary N) is 1. The molecule has 0 aromatic heterocycles. The van der Waals surface area contributed by atoms with Crippen molar-refractivity contribution in [1.82, 2.24) is 4.72 Å². The second kappa shape index (κ2) is 3.87. The monoisotopic (exact) mass is 168 g/mol. The van der Waals surface area contributed by atoms with Crippen LogP contribution in [0.1, 0.15) is 19.8 Å². The van der Waals surface area contributed by atoms with Gasteiger partial charge >= 0.3 is 10.3 Å². The molecule has 0 bridgehead atoms. The zero-order valence-electron chi connectivity index (χ0n) is 5.74. The highest BCUT2D eigenvalue weighted by Crippen LogP contribution is 1.89. The first-order chi connectivity index (χ1) is 4.45. The molecule has 0 radical (unpaired) electrons. The van der Waals surface area contributed by atoms with Crippen LogP contribution in [0.25, 0.3) is 0 Å². The van der Waals surface area contributed by atoms with Crippen LogP contribution in [0.15, 0.2) is 0 Å². The first-order valence-corrected chi connectivity index (χ1v) is 4.40. The minimum absolute atomic E-state index is 0.514. The zero-order valence-corrected chi connectivity index (χ0v) is 6.56. The average Bonchev–Trinajstić information content (AvgIpc) is 1.59. The van der Waals surface area contributed by atoms with Crippen LogP contribution in [0.3, 0.4) is 0 Å². The molecule has 0 heterocycles. The summed E-state index contributed by atoms with van der Waals surface area (Å²) in [7, 11) is -4.12. The van der Waals surface area contributed by atoms with Crippen LogP contribution in [0.5, 0.6) is 0 Å². The van der Waals surface area contributed by atoms with E-state index in [-0.39, 0.29) is 0 Å². The summed E-state index contributed by atoms with van der Waals surface area (Å²) in [6.45, 7) is 1.87. The van der Waals surface area contributed by atoms with Gasteiger partial charge in [-0.2, -0.15) is 13.1 Å². The minimum atomic E-state index is -4.12. The van der Waals surface area contributed by atoms with E-state index in [9.17, 15) is 8.42 Å². The van der Waals surface area contributed by atoms with Crippen molar-refractivity contribution >= 4 is 10.3 Å². The summed E-state index contributed by atoms with van der Waals surface area (Å²) in [5, 5.41) is 0. The number of hydrogen-bond donors (Lipinski definition) is 3. The van der Waals surface area contributed by atoms with Gasteiger partial charge in [0.25, 0.3) is 0 Å². The summed E-state index contributed by atoms with van der Waals surface area (Å²) in [5.41, 5.74) is 5.22. The molecule has 0 aliphatic rings. The molecule has 0 spiro atoms. The predicted molar refractivity (Wildman–Crippen MR) is 37.6 cm³/mol. The van der Waals surface area contributed by atoms with E-state index in [2.05, 4.69) is 0 Å². The van der Waals surface area contributed by atoms with Crippen LogP contribution < -0.4 is 10.5 Å². The Morgan fingerprint density at radius 1 is 1.70 bits per heavy atom. The van der Waals surface area contributed by atoms with Crippen LogP contribution >= 0.6 is 0 Å². The molecule has 0 amide bonds. The van der Waals surface area contributed by atoms with Gasteiger partial charge in [-0.3, -0.25) is 4.55 Å². The van der Waals surface area contributed by atoms with Gasteiger partial charge in [0.05, 0.1) is 6.17 Å². The van der Waals surface area contributed by atoms with Gasteiger partial charge in [0, 0.05) is 0 Å². The molecule has 10 heavy (non-hydrogen) atoms. The van der Waals surface area contributed by atoms with E-state index in [1.54, 1.807) is 0 Å². The molecule has 0 rings (SSSR count). The molecule has 0 aromatic carbocycles. The van der Waals surface area contributed by atoms with Crippen molar-refractivity contribution < 1.29 is 13.0 Å². The lowest BCUT2D eigenvalue weighted by molar-refractivity contribution is 0.445. The molecule has 0 aliphatic heterocycles. The van der Waals surface area contributed by atoms with E-state index in [4.69, 9.17) is 10.3 Å². The summed E-state index contributed by atoms with van der Waals surface area (Å²) < 4.78 is 30.2. The van der Waals surface area contributed by atoms with Gasteiger partial charge in [-0.1, -0.05) is 13.3 Å². The van der Waals surface area contributed by atoms with Crippen LogP contribution in [0.2, 0.25) is 0 Å². The highest BCUT2D eigenvalue weighted by atomic mass is 32.2. The van der Waals surface area contributed by atoms with Gasteiger partial charge in [-0.15, -0.1) is 0 Å². The number of rotatable bonds is 4. The maximum atomic E-state index is 10.1. The Hall–Kier alpha value is -0.170. The third-order valence-corrected chi connectivity index (χ3v) is 1.50. The molecule has 0 saturated heterocycles. The fourth-order valence-corrected chi connectivity index (χ4v) is 1.06. The maximum absolute atomic E-state index is 10.1. The molecule has 1 unspecified atom stereocenters. The summed E-state index contributed by atoms with van der Waals surface area (Å²) >= 11 is 0. The van der Waals surface area contributed by atoms with Gasteiger partial charge in [-0.05, 0) is 6.42 Å². The third kappa shape index (κ3) is 5.96. The second-order valence-electron chi connectivity index (χ2n) is 1.99.